The molecule has 0 aliphatic carbocycles. The fourth-order valence-corrected chi connectivity index (χ4v) is 3.83. The molecule has 1 aromatic heterocycles. The van der Waals surface area contributed by atoms with Crippen molar-refractivity contribution in [2.45, 2.75) is 18.5 Å². The van der Waals surface area contributed by atoms with Gasteiger partial charge in [-0.1, -0.05) is 54.6 Å². The van der Waals surface area contributed by atoms with Crippen molar-refractivity contribution in [2.24, 2.45) is 0 Å². The van der Waals surface area contributed by atoms with Gasteiger partial charge in [0.25, 0.3) is 5.91 Å². The first kappa shape index (κ1) is 17.9. The number of aromatic nitrogens is 1. The van der Waals surface area contributed by atoms with Crippen LogP contribution in [0.5, 0.6) is 0 Å². The lowest BCUT2D eigenvalue weighted by Gasteiger charge is -2.39. The minimum absolute atomic E-state index is 0.0687. The zero-order chi connectivity index (χ0) is 19.5. The number of nitrogens with one attached hydrogen (secondary N) is 1. The molecular weight excluding hydrogens is 350 g/mol. The first-order valence-electron chi connectivity index (χ1n) is 9.24. The van der Waals surface area contributed by atoms with E-state index in [1.165, 1.54) is 0 Å². The van der Waals surface area contributed by atoms with Gasteiger partial charge in [0.1, 0.15) is 0 Å². The summed E-state index contributed by atoms with van der Waals surface area (Å²) in [4.78, 5) is 32.0. The number of amides is 2. The Hall–Kier alpha value is -3.47. The summed E-state index contributed by atoms with van der Waals surface area (Å²) < 4.78 is 0. The van der Waals surface area contributed by atoms with Crippen molar-refractivity contribution in [3.63, 3.8) is 0 Å². The summed E-state index contributed by atoms with van der Waals surface area (Å²) in [5, 5.41) is 3.03. The van der Waals surface area contributed by atoms with Crippen LogP contribution in [0.25, 0.3) is 0 Å². The molecule has 2 heterocycles. The molecule has 3 aromatic rings. The second kappa shape index (κ2) is 7.64. The van der Waals surface area contributed by atoms with E-state index < -0.39 is 5.92 Å². The Morgan fingerprint density at radius 2 is 1.79 bits per heavy atom. The molecule has 0 saturated carbocycles. The predicted octanol–water partition coefficient (Wildman–Crippen LogP) is 3.31. The Kier molecular flexibility index (Phi) is 4.89. The number of carbonyl (C=O) groups excluding carboxylic acids is 2. The molecule has 0 unspecified atom stereocenters. The summed E-state index contributed by atoms with van der Waals surface area (Å²) >= 11 is 0. The Balaban J connectivity index is 1.72. The summed E-state index contributed by atoms with van der Waals surface area (Å²) in [6.45, 7) is 0.393. The van der Waals surface area contributed by atoms with Gasteiger partial charge in [-0.05, 0) is 28.8 Å². The molecule has 1 aliphatic heterocycles. The fraction of sp³-hybridized carbons (Fsp3) is 0.174. The molecule has 0 radical (unpaired) electrons. The normalized spacial score (nSPS) is 18.5. The number of hydrogen-bond donors (Lipinski definition) is 1. The highest BCUT2D eigenvalue weighted by Gasteiger charge is 2.42. The Morgan fingerprint density at radius 1 is 1.04 bits per heavy atom. The lowest BCUT2D eigenvalue weighted by Crippen LogP contribution is -2.45. The van der Waals surface area contributed by atoms with Crippen molar-refractivity contribution in [1.29, 1.82) is 0 Å². The second-order valence-electron chi connectivity index (χ2n) is 6.92. The number of fused-ring (bicyclic) bond motifs is 1. The number of nitrogens with zero attached hydrogens (tertiary/aromatic N) is 2. The number of pyridine rings is 1. The van der Waals surface area contributed by atoms with E-state index in [9.17, 15) is 9.59 Å². The summed E-state index contributed by atoms with van der Waals surface area (Å²) in [5.74, 6) is -0.664. The molecule has 5 heteroatoms. The highest BCUT2D eigenvalue weighted by atomic mass is 16.2. The van der Waals surface area contributed by atoms with Gasteiger partial charge in [-0.15, -0.1) is 0 Å². The predicted molar refractivity (Wildman–Crippen MR) is 107 cm³/mol. The summed E-state index contributed by atoms with van der Waals surface area (Å²) in [6.07, 6.45) is 3.44. The number of carbonyl (C=O) groups is 2. The van der Waals surface area contributed by atoms with E-state index in [2.05, 4.69) is 10.3 Å². The van der Waals surface area contributed by atoms with E-state index >= 15 is 0 Å². The topological polar surface area (TPSA) is 62.3 Å². The Bertz CT molecular complexity index is 989. The van der Waals surface area contributed by atoms with Crippen LogP contribution < -0.4 is 5.32 Å². The van der Waals surface area contributed by atoms with Crippen LogP contribution in [-0.2, 0) is 11.3 Å². The zero-order valence-electron chi connectivity index (χ0n) is 15.6. The highest BCUT2D eigenvalue weighted by molar-refractivity contribution is 6.01. The summed E-state index contributed by atoms with van der Waals surface area (Å²) in [7, 11) is 1.76. The third-order valence-electron chi connectivity index (χ3n) is 5.19. The third kappa shape index (κ3) is 3.27. The molecule has 1 N–H and O–H groups in total. The SMILES string of the molecule is CN1C(=O)c2ccccc2[C@@H](C(=O)NCc2cccnc2)[C@@H]1c1ccccc1. The van der Waals surface area contributed by atoms with Gasteiger partial charge in [0.05, 0.1) is 12.0 Å². The minimum Gasteiger partial charge on any atom is -0.351 e. The molecule has 0 spiro atoms. The minimum atomic E-state index is -0.488. The van der Waals surface area contributed by atoms with Crippen LogP contribution >= 0.6 is 0 Å². The first-order valence-corrected chi connectivity index (χ1v) is 9.24. The van der Waals surface area contributed by atoms with E-state index in [4.69, 9.17) is 0 Å². The molecular formula is C23H21N3O2. The van der Waals surface area contributed by atoms with E-state index in [1.54, 1.807) is 30.4 Å². The molecule has 2 amide bonds. The Morgan fingerprint density at radius 3 is 2.54 bits per heavy atom. The van der Waals surface area contributed by atoms with E-state index in [1.807, 2.05) is 60.7 Å². The van der Waals surface area contributed by atoms with E-state index in [-0.39, 0.29) is 17.9 Å². The van der Waals surface area contributed by atoms with Gasteiger partial charge in [-0.25, -0.2) is 0 Å². The van der Waals surface area contributed by atoms with Crippen LogP contribution in [0.1, 0.15) is 39.0 Å². The van der Waals surface area contributed by atoms with Gasteiger partial charge in [-0.2, -0.15) is 0 Å². The quantitative estimate of drug-likeness (QED) is 0.765. The number of likely N-dealkylation sites (N-methyl/N-ethyl adjacent to an activating group) is 1. The van der Waals surface area contributed by atoms with Crippen molar-refractivity contribution in [2.75, 3.05) is 7.05 Å². The standard InChI is InChI=1S/C23H21N3O2/c1-26-21(17-9-3-2-4-10-17)20(18-11-5-6-12-19(18)23(26)28)22(27)25-15-16-8-7-13-24-14-16/h2-14,20-21H,15H2,1H3,(H,25,27)/t20-,21+/m1/s1. The summed E-state index contributed by atoms with van der Waals surface area (Å²) in [6, 6.07) is 20.5. The molecule has 1 aliphatic rings. The highest BCUT2D eigenvalue weighted by Crippen LogP contribution is 2.41. The average Bonchev–Trinajstić information content (AvgIpc) is 2.75. The third-order valence-corrected chi connectivity index (χ3v) is 5.19. The zero-order valence-corrected chi connectivity index (χ0v) is 15.6. The molecule has 0 bridgehead atoms. The molecule has 4 rings (SSSR count). The number of hydrogen-bond acceptors (Lipinski definition) is 3. The molecule has 2 aromatic carbocycles. The van der Waals surface area contributed by atoms with E-state index in [0.717, 1.165) is 16.7 Å². The maximum Gasteiger partial charge on any atom is 0.254 e. The van der Waals surface area contributed by atoms with Crippen LogP contribution in [0, 0.1) is 0 Å². The second-order valence-corrected chi connectivity index (χ2v) is 6.92. The molecule has 2 atom stereocenters. The molecule has 140 valence electrons. The van der Waals surface area contributed by atoms with Gasteiger partial charge in [0.15, 0.2) is 0 Å². The largest absolute Gasteiger partial charge is 0.351 e. The Labute approximate surface area is 164 Å². The van der Waals surface area contributed by atoms with Gasteiger partial charge >= 0.3 is 0 Å². The maximum absolute atomic E-state index is 13.3. The van der Waals surface area contributed by atoms with Gasteiger partial charge in [0, 0.05) is 31.5 Å². The summed E-state index contributed by atoms with van der Waals surface area (Å²) in [5.41, 5.74) is 3.22. The van der Waals surface area contributed by atoms with Gasteiger partial charge in [0.2, 0.25) is 5.91 Å². The molecule has 0 fully saturated rings. The van der Waals surface area contributed by atoms with Crippen LogP contribution in [-0.4, -0.2) is 28.7 Å². The molecule has 0 saturated heterocycles. The van der Waals surface area contributed by atoms with Crippen molar-refractivity contribution < 1.29 is 9.59 Å². The van der Waals surface area contributed by atoms with Crippen LogP contribution in [0.15, 0.2) is 79.1 Å². The maximum atomic E-state index is 13.3. The van der Waals surface area contributed by atoms with Crippen LogP contribution in [0.3, 0.4) is 0 Å². The van der Waals surface area contributed by atoms with Crippen molar-refractivity contribution in [3.8, 4) is 0 Å². The van der Waals surface area contributed by atoms with E-state index in [0.29, 0.717) is 12.1 Å². The van der Waals surface area contributed by atoms with Gasteiger partial charge < -0.3 is 10.2 Å². The lowest BCUT2D eigenvalue weighted by molar-refractivity contribution is -0.124. The fourth-order valence-electron chi connectivity index (χ4n) is 3.83. The van der Waals surface area contributed by atoms with Crippen molar-refractivity contribution in [1.82, 2.24) is 15.2 Å². The lowest BCUT2D eigenvalue weighted by atomic mass is 9.79. The van der Waals surface area contributed by atoms with Crippen LogP contribution in [0.2, 0.25) is 0 Å². The van der Waals surface area contributed by atoms with Crippen molar-refractivity contribution >= 4 is 11.8 Å². The smallest absolute Gasteiger partial charge is 0.254 e. The number of rotatable bonds is 4. The molecule has 28 heavy (non-hydrogen) atoms. The number of benzene rings is 2. The molecule has 5 nitrogen and oxygen atoms in total. The van der Waals surface area contributed by atoms with Crippen molar-refractivity contribution in [3.05, 3.63) is 101 Å². The average molecular weight is 371 g/mol. The van der Waals surface area contributed by atoms with Gasteiger partial charge in [-0.3, -0.25) is 14.6 Å². The van der Waals surface area contributed by atoms with Crippen LogP contribution in [0.4, 0.5) is 0 Å². The first-order chi connectivity index (χ1) is 13.7. The monoisotopic (exact) mass is 371 g/mol.